The van der Waals surface area contributed by atoms with Gasteiger partial charge in [0.25, 0.3) is 0 Å². The average Bonchev–Trinajstić information content (AvgIpc) is 2.28. The highest BCUT2D eigenvalue weighted by Gasteiger charge is 2.30. The van der Waals surface area contributed by atoms with Crippen molar-refractivity contribution < 1.29 is 4.79 Å². The van der Waals surface area contributed by atoms with Gasteiger partial charge in [-0.15, -0.1) is 0 Å². The Morgan fingerprint density at radius 1 is 1.17 bits per heavy atom. The Morgan fingerprint density at radius 2 is 1.72 bits per heavy atom. The van der Waals surface area contributed by atoms with Crippen molar-refractivity contribution in [2.45, 2.75) is 39.7 Å². The van der Waals surface area contributed by atoms with Crippen LogP contribution in [0.2, 0.25) is 0 Å². The normalized spacial score (nSPS) is 13.7. The highest BCUT2D eigenvalue weighted by atomic mass is 16.1. The van der Waals surface area contributed by atoms with Gasteiger partial charge < -0.3 is 0 Å². The van der Waals surface area contributed by atoms with Gasteiger partial charge in [0.05, 0.1) is 6.04 Å². The van der Waals surface area contributed by atoms with E-state index < -0.39 is 0 Å². The number of carbonyl (C=O) groups excluding carboxylic acids is 1. The van der Waals surface area contributed by atoms with Gasteiger partial charge in [-0.3, -0.25) is 9.69 Å². The molecule has 0 saturated carbocycles. The molecule has 0 aliphatic rings. The van der Waals surface area contributed by atoms with Crippen molar-refractivity contribution in [3.8, 4) is 0 Å². The average molecular weight is 247 g/mol. The fourth-order valence-electron chi connectivity index (χ4n) is 2.07. The number of likely N-dealkylation sites (N-methyl/N-ethyl adjacent to an activating group) is 1. The maximum atomic E-state index is 12.4. The van der Waals surface area contributed by atoms with Crippen LogP contribution in [0.1, 0.15) is 32.8 Å². The molecule has 2 nitrogen and oxygen atoms in total. The number of Topliss-reactive ketones (excluding diaryl/α,β-unsaturated/α-hetero) is 1. The first-order valence-electron chi connectivity index (χ1n) is 6.57. The molecular formula is C16H25NO. The lowest BCUT2D eigenvalue weighted by Crippen LogP contribution is -2.42. The molecule has 0 amide bonds. The third-order valence-corrected chi connectivity index (χ3v) is 3.21. The Balaban J connectivity index is 2.68. The Labute approximate surface area is 111 Å². The minimum Gasteiger partial charge on any atom is -0.300 e. The van der Waals surface area contributed by atoms with Crippen molar-refractivity contribution >= 4 is 5.78 Å². The van der Waals surface area contributed by atoms with E-state index in [9.17, 15) is 4.79 Å². The summed E-state index contributed by atoms with van der Waals surface area (Å²) in [7, 11) is 3.97. The van der Waals surface area contributed by atoms with Crippen molar-refractivity contribution in [1.29, 1.82) is 0 Å². The molecule has 1 unspecified atom stereocenters. The molecule has 0 bridgehead atoms. The van der Waals surface area contributed by atoms with E-state index in [0.29, 0.717) is 5.78 Å². The van der Waals surface area contributed by atoms with Gasteiger partial charge in [-0.25, -0.2) is 0 Å². The first kappa shape index (κ1) is 14.9. The summed E-state index contributed by atoms with van der Waals surface area (Å²) >= 11 is 0. The van der Waals surface area contributed by atoms with E-state index in [1.807, 2.05) is 58.0 Å². The molecule has 0 aliphatic heterocycles. The molecule has 1 rings (SSSR count). The van der Waals surface area contributed by atoms with Gasteiger partial charge in [-0.1, -0.05) is 51.1 Å². The van der Waals surface area contributed by atoms with E-state index in [1.54, 1.807) is 0 Å². The second kappa shape index (κ2) is 6.14. The third kappa shape index (κ3) is 4.26. The van der Waals surface area contributed by atoms with Crippen LogP contribution in [-0.4, -0.2) is 30.8 Å². The van der Waals surface area contributed by atoms with E-state index in [2.05, 4.69) is 12.1 Å². The molecule has 0 fully saturated rings. The fourth-order valence-corrected chi connectivity index (χ4v) is 2.07. The lowest BCUT2D eigenvalue weighted by atomic mass is 9.84. The van der Waals surface area contributed by atoms with Crippen molar-refractivity contribution in [3.05, 3.63) is 35.9 Å². The predicted octanol–water partition coefficient (Wildman–Crippen LogP) is 3.16. The molecule has 100 valence electrons. The van der Waals surface area contributed by atoms with Crippen LogP contribution in [0.25, 0.3) is 0 Å². The lowest BCUT2D eigenvalue weighted by Gasteiger charge is -2.29. The number of nitrogens with zero attached hydrogens (tertiary/aromatic N) is 1. The predicted molar refractivity (Wildman–Crippen MR) is 76.7 cm³/mol. The van der Waals surface area contributed by atoms with Crippen molar-refractivity contribution in [3.63, 3.8) is 0 Å². The SMILES string of the molecule is CN(C)C(CCc1ccccc1)C(=O)C(C)(C)C. The second-order valence-corrected chi connectivity index (χ2v) is 6.12. The highest BCUT2D eigenvalue weighted by Crippen LogP contribution is 2.21. The number of hydrogen-bond donors (Lipinski definition) is 0. The van der Waals surface area contributed by atoms with Gasteiger partial charge in [-0.2, -0.15) is 0 Å². The second-order valence-electron chi connectivity index (χ2n) is 6.12. The van der Waals surface area contributed by atoms with Gasteiger partial charge in [0.2, 0.25) is 0 Å². The molecule has 0 aliphatic carbocycles. The maximum absolute atomic E-state index is 12.4. The Hall–Kier alpha value is -1.15. The molecule has 0 saturated heterocycles. The summed E-state index contributed by atoms with van der Waals surface area (Å²) in [6.45, 7) is 5.98. The first-order valence-corrected chi connectivity index (χ1v) is 6.57. The zero-order valence-electron chi connectivity index (χ0n) is 12.2. The molecule has 2 heteroatoms. The van der Waals surface area contributed by atoms with Crippen molar-refractivity contribution in [2.24, 2.45) is 5.41 Å². The standard InChI is InChI=1S/C16H25NO/c1-16(2,3)15(18)14(17(4)5)12-11-13-9-7-6-8-10-13/h6-10,14H,11-12H2,1-5H3. The molecular weight excluding hydrogens is 222 g/mol. The molecule has 1 atom stereocenters. The highest BCUT2D eigenvalue weighted by molar-refractivity contribution is 5.88. The topological polar surface area (TPSA) is 20.3 Å². The molecule has 0 N–H and O–H groups in total. The smallest absolute Gasteiger partial charge is 0.155 e. The molecule has 0 heterocycles. The summed E-state index contributed by atoms with van der Waals surface area (Å²) in [5.41, 5.74) is 1.03. The summed E-state index contributed by atoms with van der Waals surface area (Å²) in [6, 6.07) is 10.4. The quantitative estimate of drug-likeness (QED) is 0.796. The number of ketones is 1. The number of aryl methyl sites for hydroxylation is 1. The van der Waals surface area contributed by atoms with Crippen LogP contribution >= 0.6 is 0 Å². The van der Waals surface area contributed by atoms with Crippen LogP contribution in [0.3, 0.4) is 0 Å². The van der Waals surface area contributed by atoms with E-state index in [-0.39, 0.29) is 11.5 Å². The summed E-state index contributed by atoms with van der Waals surface area (Å²) in [4.78, 5) is 14.4. The first-order chi connectivity index (χ1) is 8.32. The fraction of sp³-hybridized carbons (Fsp3) is 0.562. The van der Waals surface area contributed by atoms with Crippen LogP contribution in [0.5, 0.6) is 0 Å². The Bertz CT molecular complexity index is 376. The third-order valence-electron chi connectivity index (χ3n) is 3.21. The molecule has 1 aromatic carbocycles. The zero-order valence-corrected chi connectivity index (χ0v) is 12.2. The van der Waals surface area contributed by atoms with Crippen LogP contribution in [0.15, 0.2) is 30.3 Å². The summed E-state index contributed by atoms with van der Waals surface area (Å²) < 4.78 is 0. The molecule has 0 aromatic heterocycles. The number of carbonyl (C=O) groups is 1. The molecule has 1 aromatic rings. The van der Waals surface area contributed by atoms with Gasteiger partial charge >= 0.3 is 0 Å². The van der Waals surface area contributed by atoms with Gasteiger partial charge in [-0.05, 0) is 32.5 Å². The van der Waals surface area contributed by atoms with Crippen molar-refractivity contribution in [1.82, 2.24) is 4.90 Å². The summed E-state index contributed by atoms with van der Waals surface area (Å²) in [6.07, 6.45) is 1.83. The van der Waals surface area contributed by atoms with Gasteiger partial charge in [0.1, 0.15) is 0 Å². The molecule has 0 radical (unpaired) electrons. The van der Waals surface area contributed by atoms with E-state index in [4.69, 9.17) is 0 Å². The van der Waals surface area contributed by atoms with Crippen LogP contribution < -0.4 is 0 Å². The minimum absolute atomic E-state index is 0.00482. The van der Waals surface area contributed by atoms with E-state index >= 15 is 0 Å². The number of rotatable bonds is 5. The monoisotopic (exact) mass is 247 g/mol. The van der Waals surface area contributed by atoms with Crippen molar-refractivity contribution in [2.75, 3.05) is 14.1 Å². The zero-order chi connectivity index (χ0) is 13.8. The largest absolute Gasteiger partial charge is 0.300 e. The van der Waals surface area contributed by atoms with Gasteiger partial charge in [0.15, 0.2) is 5.78 Å². The number of hydrogen-bond acceptors (Lipinski definition) is 2. The number of benzene rings is 1. The van der Waals surface area contributed by atoms with Crippen LogP contribution in [0.4, 0.5) is 0 Å². The van der Waals surface area contributed by atoms with Gasteiger partial charge in [0, 0.05) is 5.41 Å². The summed E-state index contributed by atoms with van der Waals surface area (Å²) in [5.74, 6) is 0.323. The Morgan fingerprint density at radius 3 is 2.17 bits per heavy atom. The van der Waals surface area contributed by atoms with Crippen LogP contribution in [-0.2, 0) is 11.2 Å². The summed E-state index contributed by atoms with van der Waals surface area (Å²) in [5, 5.41) is 0. The lowest BCUT2D eigenvalue weighted by molar-refractivity contribution is -0.131. The minimum atomic E-state index is -0.272. The van der Waals surface area contributed by atoms with E-state index in [1.165, 1.54) is 5.56 Å². The molecule has 18 heavy (non-hydrogen) atoms. The Kier molecular flexibility index (Phi) is 5.09. The van der Waals surface area contributed by atoms with E-state index in [0.717, 1.165) is 12.8 Å². The maximum Gasteiger partial charge on any atom is 0.155 e. The molecule has 0 spiro atoms. The van der Waals surface area contributed by atoms with Crippen LogP contribution in [0, 0.1) is 5.41 Å².